The Morgan fingerprint density at radius 2 is 1.72 bits per heavy atom. The highest BCUT2D eigenvalue weighted by Crippen LogP contribution is 2.31. The van der Waals surface area contributed by atoms with E-state index in [0.717, 1.165) is 26.9 Å². The van der Waals surface area contributed by atoms with E-state index in [0.29, 0.717) is 22.0 Å². The second-order valence-electron chi connectivity index (χ2n) is 8.21. The maximum atomic E-state index is 12.8. The number of aromatic nitrogens is 1. The number of carbonyl (C=O) groups excluding carboxylic acids is 2. The van der Waals surface area contributed by atoms with Crippen molar-refractivity contribution in [2.24, 2.45) is 0 Å². The third-order valence-corrected chi connectivity index (χ3v) is 6.51. The van der Waals surface area contributed by atoms with E-state index in [1.54, 1.807) is 30.3 Å². The lowest BCUT2D eigenvalue weighted by Crippen LogP contribution is -2.13. The third-order valence-electron chi connectivity index (χ3n) is 5.58. The molecular weight excluding hydrogens is 474 g/mol. The Labute approximate surface area is 212 Å². The van der Waals surface area contributed by atoms with Gasteiger partial charge in [-0.15, -0.1) is 0 Å². The van der Waals surface area contributed by atoms with Crippen LogP contribution in [0.15, 0.2) is 60.2 Å². The average molecular weight is 498 g/mol. The summed E-state index contributed by atoms with van der Waals surface area (Å²) in [5.41, 5.74) is 4.92. The van der Waals surface area contributed by atoms with Crippen LogP contribution in [0.25, 0.3) is 16.3 Å². The predicted molar refractivity (Wildman–Crippen MR) is 140 cm³/mol. The normalized spacial score (nSPS) is 11.1. The molecule has 4 rings (SSSR count). The summed E-state index contributed by atoms with van der Waals surface area (Å²) < 4.78 is 11.8. The first kappa shape index (κ1) is 24.6. The summed E-state index contributed by atoms with van der Waals surface area (Å²) in [5, 5.41) is 12.7. The zero-order valence-electron chi connectivity index (χ0n) is 20.2. The van der Waals surface area contributed by atoms with E-state index < -0.39 is 11.9 Å². The van der Waals surface area contributed by atoms with E-state index in [2.05, 4.69) is 10.3 Å². The number of hydrogen-bond donors (Lipinski definition) is 1. The minimum absolute atomic E-state index is 0.104. The SMILES string of the molecule is COc1cc(C=C(C#N)C(=O)Nc2nc3cc(C)c(C)cc3s2)ccc1OC(=O)c1ccc(C)cc1. The molecule has 0 atom stereocenters. The topological polar surface area (TPSA) is 101 Å². The first-order chi connectivity index (χ1) is 17.3. The zero-order chi connectivity index (χ0) is 25.8. The van der Waals surface area contributed by atoms with E-state index in [9.17, 15) is 14.9 Å². The van der Waals surface area contributed by atoms with Crippen molar-refractivity contribution in [1.29, 1.82) is 5.26 Å². The minimum atomic E-state index is -0.571. The maximum absolute atomic E-state index is 12.8. The lowest BCUT2D eigenvalue weighted by Gasteiger charge is -2.10. The van der Waals surface area contributed by atoms with Crippen LogP contribution < -0.4 is 14.8 Å². The lowest BCUT2D eigenvalue weighted by atomic mass is 10.1. The molecule has 0 radical (unpaired) electrons. The number of anilines is 1. The van der Waals surface area contributed by atoms with Crippen LogP contribution in [-0.4, -0.2) is 24.0 Å². The van der Waals surface area contributed by atoms with Gasteiger partial charge >= 0.3 is 5.97 Å². The summed E-state index contributed by atoms with van der Waals surface area (Å²) in [6.07, 6.45) is 1.44. The average Bonchev–Trinajstić information content (AvgIpc) is 3.24. The van der Waals surface area contributed by atoms with Crippen LogP contribution in [0.4, 0.5) is 5.13 Å². The van der Waals surface area contributed by atoms with Crippen molar-refractivity contribution in [3.63, 3.8) is 0 Å². The van der Waals surface area contributed by atoms with Gasteiger partial charge in [-0.05, 0) is 79.9 Å². The Morgan fingerprint density at radius 3 is 2.42 bits per heavy atom. The van der Waals surface area contributed by atoms with Crippen molar-refractivity contribution >= 4 is 44.6 Å². The van der Waals surface area contributed by atoms with E-state index in [-0.39, 0.29) is 11.3 Å². The maximum Gasteiger partial charge on any atom is 0.343 e. The smallest absolute Gasteiger partial charge is 0.343 e. The molecule has 0 fully saturated rings. The number of amides is 1. The number of aryl methyl sites for hydroxylation is 3. The molecule has 180 valence electrons. The summed E-state index contributed by atoms with van der Waals surface area (Å²) in [7, 11) is 1.44. The molecule has 1 amide bonds. The van der Waals surface area contributed by atoms with E-state index >= 15 is 0 Å². The number of ether oxygens (including phenoxy) is 2. The Morgan fingerprint density at radius 1 is 1.00 bits per heavy atom. The number of hydrogen-bond acceptors (Lipinski definition) is 7. The Balaban J connectivity index is 1.52. The summed E-state index contributed by atoms with van der Waals surface area (Å²) >= 11 is 1.35. The molecule has 0 saturated carbocycles. The number of methoxy groups -OCH3 is 1. The van der Waals surface area contributed by atoms with Crippen LogP contribution >= 0.6 is 11.3 Å². The van der Waals surface area contributed by atoms with Gasteiger partial charge in [-0.1, -0.05) is 35.1 Å². The van der Waals surface area contributed by atoms with Crippen LogP contribution in [0.2, 0.25) is 0 Å². The van der Waals surface area contributed by atoms with Gasteiger partial charge in [0.05, 0.1) is 22.9 Å². The monoisotopic (exact) mass is 497 g/mol. The summed E-state index contributed by atoms with van der Waals surface area (Å²) in [6.45, 7) is 5.96. The first-order valence-corrected chi connectivity index (χ1v) is 11.9. The van der Waals surface area contributed by atoms with Crippen molar-refractivity contribution in [3.8, 4) is 17.6 Å². The molecular formula is C28H23N3O4S. The highest BCUT2D eigenvalue weighted by atomic mass is 32.1. The molecule has 36 heavy (non-hydrogen) atoms. The van der Waals surface area contributed by atoms with E-state index in [1.165, 1.54) is 24.5 Å². The van der Waals surface area contributed by atoms with Gasteiger partial charge in [-0.2, -0.15) is 5.26 Å². The number of benzene rings is 3. The predicted octanol–water partition coefficient (Wildman–Crippen LogP) is 6.00. The molecule has 0 bridgehead atoms. The van der Waals surface area contributed by atoms with Crippen molar-refractivity contribution in [3.05, 3.63) is 88.0 Å². The zero-order valence-corrected chi connectivity index (χ0v) is 21.0. The molecule has 8 heteroatoms. The van der Waals surface area contributed by atoms with Crippen LogP contribution in [-0.2, 0) is 4.79 Å². The van der Waals surface area contributed by atoms with E-state index in [1.807, 2.05) is 51.1 Å². The molecule has 1 N–H and O–H groups in total. The van der Waals surface area contributed by atoms with E-state index in [4.69, 9.17) is 9.47 Å². The fourth-order valence-corrected chi connectivity index (χ4v) is 4.36. The van der Waals surface area contributed by atoms with Gasteiger partial charge in [0.25, 0.3) is 5.91 Å². The number of esters is 1. The van der Waals surface area contributed by atoms with Gasteiger partial charge in [-0.25, -0.2) is 9.78 Å². The first-order valence-electron chi connectivity index (χ1n) is 11.0. The number of thiazole rings is 1. The Hall–Kier alpha value is -4.48. The fraction of sp³-hybridized carbons (Fsp3) is 0.143. The summed E-state index contributed by atoms with van der Waals surface area (Å²) in [4.78, 5) is 29.7. The second-order valence-corrected chi connectivity index (χ2v) is 9.24. The third kappa shape index (κ3) is 5.43. The van der Waals surface area contributed by atoms with Crippen molar-refractivity contribution in [1.82, 2.24) is 4.98 Å². The number of rotatable bonds is 6. The van der Waals surface area contributed by atoms with Crippen LogP contribution in [0.3, 0.4) is 0 Å². The Kier molecular flexibility index (Phi) is 7.13. The molecule has 0 aliphatic heterocycles. The van der Waals surface area contributed by atoms with Gasteiger partial charge in [0.1, 0.15) is 11.6 Å². The molecule has 0 aliphatic carbocycles. The number of nitrogens with zero attached hydrogens (tertiary/aromatic N) is 2. The van der Waals surface area contributed by atoms with Gasteiger partial charge in [-0.3, -0.25) is 10.1 Å². The van der Waals surface area contributed by atoms with Gasteiger partial charge < -0.3 is 9.47 Å². The van der Waals surface area contributed by atoms with Gasteiger partial charge in [0.2, 0.25) is 0 Å². The fourth-order valence-electron chi connectivity index (χ4n) is 3.42. The molecule has 0 spiro atoms. The largest absolute Gasteiger partial charge is 0.493 e. The molecule has 1 aromatic heterocycles. The van der Waals surface area contributed by atoms with Crippen LogP contribution in [0.5, 0.6) is 11.5 Å². The standard InChI is InChI=1S/C28H23N3O4S/c1-16-5-8-20(9-6-16)27(33)35-23-10-7-19(14-24(23)34-4)13-21(15-29)26(32)31-28-30-22-11-17(2)18(3)12-25(22)36-28/h5-14H,1-4H3,(H,30,31,32). The number of nitriles is 1. The number of carbonyl (C=O) groups is 2. The second kappa shape index (κ2) is 10.4. The number of fused-ring (bicyclic) bond motifs is 1. The molecule has 0 unspecified atom stereocenters. The molecule has 4 aromatic rings. The highest BCUT2D eigenvalue weighted by molar-refractivity contribution is 7.22. The molecule has 0 aliphatic rings. The molecule has 0 saturated heterocycles. The summed E-state index contributed by atoms with van der Waals surface area (Å²) in [6, 6.07) is 17.7. The van der Waals surface area contributed by atoms with Gasteiger partial charge in [0.15, 0.2) is 16.6 Å². The van der Waals surface area contributed by atoms with Crippen LogP contribution in [0.1, 0.15) is 32.6 Å². The van der Waals surface area contributed by atoms with Crippen molar-refractivity contribution < 1.29 is 19.1 Å². The number of nitrogens with one attached hydrogen (secondary N) is 1. The minimum Gasteiger partial charge on any atom is -0.493 e. The highest BCUT2D eigenvalue weighted by Gasteiger charge is 2.16. The molecule has 3 aromatic carbocycles. The summed E-state index contributed by atoms with van der Waals surface area (Å²) in [5.74, 6) is -0.573. The molecule has 1 heterocycles. The quantitative estimate of drug-likeness (QED) is 0.152. The van der Waals surface area contributed by atoms with Crippen LogP contribution in [0, 0.1) is 32.1 Å². The van der Waals surface area contributed by atoms with Gasteiger partial charge in [0, 0.05) is 0 Å². The Bertz CT molecular complexity index is 1510. The lowest BCUT2D eigenvalue weighted by molar-refractivity contribution is -0.112. The van der Waals surface area contributed by atoms with Crippen molar-refractivity contribution in [2.45, 2.75) is 20.8 Å². The molecule has 7 nitrogen and oxygen atoms in total. The van der Waals surface area contributed by atoms with Crippen molar-refractivity contribution in [2.75, 3.05) is 12.4 Å².